The molecule has 0 atom stereocenters. The molecule has 0 saturated heterocycles. The first-order valence-corrected chi connectivity index (χ1v) is 5.93. The van der Waals surface area contributed by atoms with E-state index in [4.69, 9.17) is 0 Å². The van der Waals surface area contributed by atoms with Crippen molar-refractivity contribution in [2.75, 3.05) is 0 Å². The van der Waals surface area contributed by atoms with Gasteiger partial charge in [-0.15, -0.1) is 0 Å². The maximum absolute atomic E-state index is 12.8. The normalized spacial score (nSPS) is 10.9. The summed E-state index contributed by atoms with van der Waals surface area (Å²) in [7, 11) is 0. The zero-order chi connectivity index (χ0) is 11.1. The van der Waals surface area contributed by atoms with Gasteiger partial charge in [0.15, 0.2) is 0 Å². The predicted octanol–water partition coefficient (Wildman–Crippen LogP) is 4.58. The lowest BCUT2D eigenvalue weighted by Crippen LogP contribution is -1.90. The lowest BCUT2D eigenvalue weighted by molar-refractivity contribution is 0.527. The van der Waals surface area contributed by atoms with Crippen molar-refractivity contribution in [1.82, 2.24) is 0 Å². The van der Waals surface area contributed by atoms with Gasteiger partial charge in [0.25, 0.3) is 0 Å². The summed E-state index contributed by atoms with van der Waals surface area (Å²) >= 11 is 0. The molecular weight excluding hydrogens is 187 g/mol. The molecule has 0 unspecified atom stereocenters. The second-order valence-corrected chi connectivity index (χ2v) is 4.62. The molecule has 0 saturated carbocycles. The van der Waals surface area contributed by atoms with E-state index in [1.807, 2.05) is 6.07 Å². The van der Waals surface area contributed by atoms with Crippen molar-refractivity contribution >= 4 is 0 Å². The average Bonchev–Trinajstić information content (AvgIpc) is 2.17. The molecule has 1 heteroatoms. The third kappa shape index (κ3) is 5.56. The first kappa shape index (κ1) is 12.2. The van der Waals surface area contributed by atoms with E-state index in [0.717, 1.165) is 17.9 Å². The molecule has 84 valence electrons. The highest BCUT2D eigenvalue weighted by atomic mass is 19.1. The lowest BCUT2D eigenvalue weighted by Gasteiger charge is -2.04. The Bertz CT molecular complexity index is 278. The number of benzene rings is 1. The molecule has 0 heterocycles. The molecule has 1 rings (SSSR count). The molecular formula is C14H21F. The standard InChI is InChI=1S/C14H21F/c1-12(2)7-4-3-5-8-13-9-6-10-14(15)11-13/h6,9-12H,3-5,7-8H2,1-2H3. The van der Waals surface area contributed by atoms with Gasteiger partial charge < -0.3 is 0 Å². The molecule has 1 aromatic rings. The molecule has 0 N–H and O–H groups in total. The van der Waals surface area contributed by atoms with E-state index in [0.29, 0.717) is 0 Å². The maximum atomic E-state index is 12.8. The number of unbranched alkanes of at least 4 members (excludes halogenated alkanes) is 2. The zero-order valence-corrected chi connectivity index (χ0v) is 9.80. The Balaban J connectivity index is 2.15. The van der Waals surface area contributed by atoms with Crippen LogP contribution in [-0.2, 0) is 6.42 Å². The Morgan fingerprint density at radius 1 is 1.13 bits per heavy atom. The summed E-state index contributed by atoms with van der Waals surface area (Å²) in [5.41, 5.74) is 1.12. The fourth-order valence-electron chi connectivity index (χ4n) is 1.75. The van der Waals surface area contributed by atoms with Gasteiger partial charge in [-0.3, -0.25) is 0 Å². The number of rotatable bonds is 6. The fraction of sp³-hybridized carbons (Fsp3) is 0.571. The van der Waals surface area contributed by atoms with Crippen LogP contribution < -0.4 is 0 Å². The van der Waals surface area contributed by atoms with Crippen LogP contribution in [0.4, 0.5) is 4.39 Å². The fourth-order valence-corrected chi connectivity index (χ4v) is 1.75. The summed E-state index contributed by atoms with van der Waals surface area (Å²) < 4.78 is 12.8. The van der Waals surface area contributed by atoms with Gasteiger partial charge in [0.05, 0.1) is 0 Å². The first-order valence-electron chi connectivity index (χ1n) is 5.93. The van der Waals surface area contributed by atoms with Gasteiger partial charge in [0.1, 0.15) is 5.82 Å². The van der Waals surface area contributed by atoms with Crippen molar-refractivity contribution in [2.24, 2.45) is 5.92 Å². The quantitative estimate of drug-likeness (QED) is 0.600. The largest absolute Gasteiger partial charge is 0.207 e. The molecule has 0 fully saturated rings. The van der Waals surface area contributed by atoms with Crippen LogP contribution >= 0.6 is 0 Å². The van der Waals surface area contributed by atoms with E-state index in [-0.39, 0.29) is 5.82 Å². The lowest BCUT2D eigenvalue weighted by atomic mass is 10.0. The van der Waals surface area contributed by atoms with E-state index in [2.05, 4.69) is 13.8 Å². The zero-order valence-electron chi connectivity index (χ0n) is 9.80. The maximum Gasteiger partial charge on any atom is 0.123 e. The minimum Gasteiger partial charge on any atom is -0.207 e. The topological polar surface area (TPSA) is 0 Å². The van der Waals surface area contributed by atoms with E-state index < -0.39 is 0 Å². The summed E-state index contributed by atoms with van der Waals surface area (Å²) in [5.74, 6) is 0.689. The monoisotopic (exact) mass is 208 g/mol. The molecule has 0 aliphatic carbocycles. The smallest absolute Gasteiger partial charge is 0.123 e. The van der Waals surface area contributed by atoms with Crippen LogP contribution in [0.2, 0.25) is 0 Å². The third-order valence-electron chi connectivity index (χ3n) is 2.64. The van der Waals surface area contributed by atoms with Crippen LogP contribution in [0.15, 0.2) is 24.3 Å². The molecule has 0 amide bonds. The van der Waals surface area contributed by atoms with Crippen LogP contribution in [-0.4, -0.2) is 0 Å². The Labute approximate surface area is 92.5 Å². The summed E-state index contributed by atoms with van der Waals surface area (Å²) in [5, 5.41) is 0. The van der Waals surface area contributed by atoms with Gasteiger partial charge >= 0.3 is 0 Å². The molecule has 0 bridgehead atoms. The number of halogens is 1. The van der Waals surface area contributed by atoms with E-state index in [9.17, 15) is 4.39 Å². The van der Waals surface area contributed by atoms with Crippen molar-refractivity contribution in [3.63, 3.8) is 0 Å². The summed E-state index contributed by atoms with van der Waals surface area (Å²) in [4.78, 5) is 0. The van der Waals surface area contributed by atoms with Crippen LogP contribution in [0.1, 0.15) is 45.1 Å². The van der Waals surface area contributed by atoms with Crippen molar-refractivity contribution in [3.05, 3.63) is 35.6 Å². The van der Waals surface area contributed by atoms with Crippen molar-refractivity contribution in [2.45, 2.75) is 46.0 Å². The molecule has 0 spiro atoms. The minimum atomic E-state index is -0.116. The summed E-state index contributed by atoms with van der Waals surface area (Å²) in [6, 6.07) is 6.94. The van der Waals surface area contributed by atoms with Gasteiger partial charge in [-0.25, -0.2) is 4.39 Å². The van der Waals surface area contributed by atoms with Gasteiger partial charge in [0, 0.05) is 0 Å². The van der Waals surface area contributed by atoms with E-state index in [1.54, 1.807) is 12.1 Å². The van der Waals surface area contributed by atoms with E-state index >= 15 is 0 Å². The van der Waals surface area contributed by atoms with Gasteiger partial charge in [-0.05, 0) is 36.5 Å². The summed E-state index contributed by atoms with van der Waals surface area (Å²) in [6.07, 6.45) is 6.05. The highest BCUT2D eigenvalue weighted by Crippen LogP contribution is 2.12. The SMILES string of the molecule is CC(C)CCCCCc1cccc(F)c1. The second kappa shape index (κ2) is 6.60. The second-order valence-electron chi connectivity index (χ2n) is 4.62. The van der Waals surface area contributed by atoms with Crippen molar-refractivity contribution in [1.29, 1.82) is 0 Å². The van der Waals surface area contributed by atoms with Crippen molar-refractivity contribution in [3.8, 4) is 0 Å². The van der Waals surface area contributed by atoms with Crippen LogP contribution in [0, 0.1) is 11.7 Å². The van der Waals surface area contributed by atoms with Crippen LogP contribution in [0.3, 0.4) is 0 Å². The highest BCUT2D eigenvalue weighted by Gasteiger charge is 1.97. The first-order chi connectivity index (χ1) is 7.18. The number of hydrogen-bond acceptors (Lipinski definition) is 0. The molecule has 1 aromatic carbocycles. The number of hydrogen-bond donors (Lipinski definition) is 0. The predicted molar refractivity (Wildman–Crippen MR) is 63.4 cm³/mol. The average molecular weight is 208 g/mol. The van der Waals surface area contributed by atoms with E-state index in [1.165, 1.54) is 31.7 Å². The molecule has 15 heavy (non-hydrogen) atoms. The van der Waals surface area contributed by atoms with Crippen molar-refractivity contribution < 1.29 is 4.39 Å². The molecule has 0 radical (unpaired) electrons. The Kier molecular flexibility index (Phi) is 5.38. The van der Waals surface area contributed by atoms with Gasteiger partial charge in [-0.1, -0.05) is 45.2 Å². The highest BCUT2D eigenvalue weighted by molar-refractivity contribution is 5.16. The molecule has 0 nitrogen and oxygen atoms in total. The van der Waals surface area contributed by atoms with Gasteiger partial charge in [-0.2, -0.15) is 0 Å². The molecule has 0 aromatic heterocycles. The Morgan fingerprint density at radius 3 is 2.60 bits per heavy atom. The van der Waals surface area contributed by atoms with Crippen LogP contribution in [0.5, 0.6) is 0 Å². The molecule has 0 aliphatic rings. The molecule has 0 aliphatic heterocycles. The Hall–Kier alpha value is -0.850. The summed E-state index contributed by atoms with van der Waals surface area (Å²) in [6.45, 7) is 4.51. The minimum absolute atomic E-state index is 0.116. The van der Waals surface area contributed by atoms with Crippen LogP contribution in [0.25, 0.3) is 0 Å². The number of aryl methyl sites for hydroxylation is 1. The third-order valence-corrected chi connectivity index (χ3v) is 2.64. The van der Waals surface area contributed by atoms with Gasteiger partial charge in [0.2, 0.25) is 0 Å². The Morgan fingerprint density at radius 2 is 1.93 bits per heavy atom.